The Balaban J connectivity index is 2.15. The maximum absolute atomic E-state index is 10.9. The second-order valence-electron chi connectivity index (χ2n) is 5.01. The molecule has 0 fully saturated rings. The highest BCUT2D eigenvalue weighted by molar-refractivity contribution is 6.41. The van der Waals surface area contributed by atoms with Crippen LogP contribution in [0.1, 0.15) is 12.5 Å². The lowest BCUT2D eigenvalue weighted by molar-refractivity contribution is -0.119. The van der Waals surface area contributed by atoms with E-state index in [2.05, 4.69) is 10.5 Å². The molecule has 0 aromatic heterocycles. The van der Waals surface area contributed by atoms with Crippen LogP contribution in [0.2, 0.25) is 15.1 Å². The van der Waals surface area contributed by atoms with Crippen molar-refractivity contribution >= 4 is 52.6 Å². The number of nitrogens with one attached hydrogen (secondary N) is 1. The minimum Gasteiger partial charge on any atom is -0.490 e. The molecule has 0 aliphatic rings. The molecule has 26 heavy (non-hydrogen) atoms. The summed E-state index contributed by atoms with van der Waals surface area (Å²) >= 11 is 18.0. The summed E-state index contributed by atoms with van der Waals surface area (Å²) < 4.78 is 10.8. The van der Waals surface area contributed by atoms with Gasteiger partial charge in [0.2, 0.25) is 0 Å². The van der Waals surface area contributed by atoms with Crippen molar-refractivity contribution in [2.24, 2.45) is 10.8 Å². The van der Waals surface area contributed by atoms with Crippen LogP contribution in [0.5, 0.6) is 11.5 Å². The Morgan fingerprint density at radius 3 is 2.46 bits per heavy atom. The van der Waals surface area contributed by atoms with E-state index in [1.165, 1.54) is 0 Å². The van der Waals surface area contributed by atoms with Gasteiger partial charge in [-0.3, -0.25) is 10.2 Å². The molecule has 138 valence electrons. The third-order valence-electron chi connectivity index (χ3n) is 3.03. The zero-order valence-electron chi connectivity index (χ0n) is 13.8. The Morgan fingerprint density at radius 2 is 1.85 bits per heavy atom. The monoisotopic (exact) mass is 415 g/mol. The highest BCUT2D eigenvalue weighted by Crippen LogP contribution is 2.33. The second kappa shape index (κ2) is 9.52. The van der Waals surface area contributed by atoms with E-state index in [9.17, 15) is 4.79 Å². The average molecular weight is 417 g/mol. The van der Waals surface area contributed by atoms with Gasteiger partial charge in [0.25, 0.3) is 5.91 Å². The molecule has 9 heteroatoms. The van der Waals surface area contributed by atoms with Crippen molar-refractivity contribution in [3.8, 4) is 11.5 Å². The van der Waals surface area contributed by atoms with Gasteiger partial charge in [-0.1, -0.05) is 34.8 Å². The fourth-order valence-corrected chi connectivity index (χ4v) is 2.86. The largest absolute Gasteiger partial charge is 0.490 e. The minimum absolute atomic E-state index is 0.234. The molecular weight excluding hydrogens is 401 g/mol. The van der Waals surface area contributed by atoms with E-state index in [1.54, 1.807) is 36.5 Å². The molecule has 0 bridgehead atoms. The summed E-state index contributed by atoms with van der Waals surface area (Å²) in [6.45, 7) is 2.04. The molecule has 0 spiro atoms. The van der Waals surface area contributed by atoms with Crippen LogP contribution >= 0.6 is 34.8 Å². The normalized spacial score (nSPS) is 10.8. The fourth-order valence-electron chi connectivity index (χ4n) is 1.96. The van der Waals surface area contributed by atoms with Crippen LogP contribution in [-0.4, -0.2) is 25.3 Å². The first-order valence-corrected chi connectivity index (χ1v) is 8.65. The Labute approximate surface area is 165 Å². The van der Waals surface area contributed by atoms with Gasteiger partial charge < -0.3 is 15.2 Å². The number of hydrogen-bond acceptors (Lipinski definition) is 5. The summed E-state index contributed by atoms with van der Waals surface area (Å²) in [6.07, 6.45) is 1.56. The zero-order chi connectivity index (χ0) is 19.1. The summed E-state index contributed by atoms with van der Waals surface area (Å²) in [7, 11) is 0. The predicted molar refractivity (Wildman–Crippen MR) is 105 cm³/mol. The van der Waals surface area contributed by atoms with Gasteiger partial charge >= 0.3 is 0 Å². The van der Waals surface area contributed by atoms with Crippen LogP contribution in [0, 0.1) is 0 Å². The third kappa shape index (κ3) is 5.69. The van der Waals surface area contributed by atoms with E-state index in [0.29, 0.717) is 38.9 Å². The first-order chi connectivity index (χ1) is 12.4. The van der Waals surface area contributed by atoms with Crippen molar-refractivity contribution in [1.29, 1.82) is 0 Å². The molecule has 0 atom stereocenters. The molecule has 3 N–H and O–H groups in total. The lowest BCUT2D eigenvalue weighted by Gasteiger charge is -2.11. The molecule has 0 heterocycles. The molecule has 0 saturated carbocycles. The van der Waals surface area contributed by atoms with Gasteiger partial charge in [0.1, 0.15) is 0 Å². The van der Waals surface area contributed by atoms with Crippen LogP contribution in [0.25, 0.3) is 0 Å². The number of hydrazone groups is 1. The van der Waals surface area contributed by atoms with Gasteiger partial charge in [0, 0.05) is 5.02 Å². The van der Waals surface area contributed by atoms with Gasteiger partial charge in [-0.05, 0) is 42.8 Å². The Morgan fingerprint density at radius 1 is 1.15 bits per heavy atom. The van der Waals surface area contributed by atoms with E-state index < -0.39 is 5.91 Å². The van der Waals surface area contributed by atoms with E-state index >= 15 is 0 Å². The van der Waals surface area contributed by atoms with Crippen molar-refractivity contribution < 1.29 is 14.3 Å². The maximum Gasteiger partial charge on any atom is 0.255 e. The Bertz CT molecular complexity index is 805. The second-order valence-corrected chi connectivity index (χ2v) is 6.26. The van der Waals surface area contributed by atoms with E-state index in [1.807, 2.05) is 6.92 Å². The van der Waals surface area contributed by atoms with Gasteiger partial charge in [-0.2, -0.15) is 5.10 Å². The number of ether oxygens (including phenoxy) is 2. The number of amides is 1. The summed E-state index contributed by atoms with van der Waals surface area (Å²) in [6, 6.07) is 8.25. The van der Waals surface area contributed by atoms with Crippen LogP contribution < -0.4 is 20.6 Å². The number of nitrogens with zero attached hydrogens (tertiary/aromatic N) is 1. The minimum atomic E-state index is -0.570. The molecule has 6 nitrogen and oxygen atoms in total. The SMILES string of the molecule is CCOc1cc(/C=N\Nc2c(Cl)cc(Cl)cc2Cl)ccc1OCC(N)=O. The number of halogens is 3. The number of anilines is 1. The Hall–Kier alpha value is -2.15. The zero-order valence-corrected chi connectivity index (χ0v) is 16.0. The highest BCUT2D eigenvalue weighted by atomic mass is 35.5. The number of nitrogens with two attached hydrogens (primary N) is 1. The predicted octanol–water partition coefficient (Wildman–Crippen LogP) is 4.36. The molecule has 2 aromatic rings. The van der Waals surface area contributed by atoms with E-state index in [-0.39, 0.29) is 6.61 Å². The molecule has 0 aliphatic carbocycles. The maximum atomic E-state index is 10.9. The van der Waals surface area contributed by atoms with Crippen LogP contribution in [0.4, 0.5) is 5.69 Å². The van der Waals surface area contributed by atoms with Crippen molar-refractivity contribution in [2.75, 3.05) is 18.6 Å². The Kier molecular flexibility index (Phi) is 7.38. The summed E-state index contributed by atoms with van der Waals surface area (Å²) in [5.74, 6) is 0.318. The molecule has 0 unspecified atom stereocenters. The number of primary amides is 1. The quantitative estimate of drug-likeness (QED) is 0.494. The van der Waals surface area contributed by atoms with Gasteiger partial charge in [-0.15, -0.1) is 0 Å². The van der Waals surface area contributed by atoms with Crippen LogP contribution in [0.3, 0.4) is 0 Å². The summed E-state index contributed by atoms with van der Waals surface area (Å²) in [5, 5.41) is 5.25. The number of benzene rings is 2. The van der Waals surface area contributed by atoms with Gasteiger partial charge in [0.05, 0.1) is 28.6 Å². The standard InChI is InChI=1S/C17H16Cl3N3O3/c1-2-25-15-5-10(3-4-14(15)26-9-16(21)24)8-22-23-17-12(19)6-11(18)7-13(17)20/h3-8,23H,2,9H2,1H3,(H2,21,24)/b22-8-. The van der Waals surface area contributed by atoms with Crippen molar-refractivity contribution in [1.82, 2.24) is 0 Å². The van der Waals surface area contributed by atoms with E-state index in [0.717, 1.165) is 5.56 Å². The number of carbonyl (C=O) groups is 1. The van der Waals surface area contributed by atoms with Gasteiger partial charge in [0.15, 0.2) is 18.1 Å². The topological polar surface area (TPSA) is 85.9 Å². The van der Waals surface area contributed by atoms with Crippen LogP contribution in [0.15, 0.2) is 35.4 Å². The molecule has 2 aromatic carbocycles. The van der Waals surface area contributed by atoms with E-state index in [4.69, 9.17) is 50.0 Å². The lowest BCUT2D eigenvalue weighted by atomic mass is 10.2. The number of rotatable bonds is 8. The first kappa shape index (κ1) is 20.2. The molecule has 0 saturated heterocycles. The van der Waals surface area contributed by atoms with Gasteiger partial charge in [-0.25, -0.2) is 0 Å². The lowest BCUT2D eigenvalue weighted by Crippen LogP contribution is -2.20. The van der Waals surface area contributed by atoms with Crippen molar-refractivity contribution in [2.45, 2.75) is 6.92 Å². The average Bonchev–Trinajstić information content (AvgIpc) is 2.56. The van der Waals surface area contributed by atoms with Crippen LogP contribution in [-0.2, 0) is 4.79 Å². The molecule has 0 aliphatic heterocycles. The third-order valence-corrected chi connectivity index (χ3v) is 3.85. The fraction of sp³-hybridized carbons (Fsp3) is 0.176. The molecular formula is C17H16Cl3N3O3. The number of carbonyl (C=O) groups excluding carboxylic acids is 1. The highest BCUT2D eigenvalue weighted by Gasteiger charge is 2.08. The first-order valence-electron chi connectivity index (χ1n) is 7.52. The molecule has 1 amide bonds. The van der Waals surface area contributed by atoms with Crippen molar-refractivity contribution in [3.05, 3.63) is 51.0 Å². The summed E-state index contributed by atoms with van der Waals surface area (Å²) in [4.78, 5) is 10.9. The van der Waals surface area contributed by atoms with Crippen molar-refractivity contribution in [3.63, 3.8) is 0 Å². The molecule has 0 radical (unpaired) electrons. The smallest absolute Gasteiger partial charge is 0.255 e. The molecule has 2 rings (SSSR count). The summed E-state index contributed by atoms with van der Waals surface area (Å²) in [5.41, 5.74) is 9.04. The number of hydrogen-bond donors (Lipinski definition) is 2.